The molecule has 1 unspecified atom stereocenters. The average molecular weight is 503 g/mol. The number of nitrogens with one attached hydrogen (secondary N) is 1. The molecule has 182 valence electrons. The lowest BCUT2D eigenvalue weighted by Crippen LogP contribution is -2.63. The second kappa shape index (κ2) is 7.91. The van der Waals surface area contributed by atoms with Crippen LogP contribution in [0.15, 0.2) is 18.2 Å². The van der Waals surface area contributed by atoms with E-state index in [-0.39, 0.29) is 39.8 Å². The van der Waals surface area contributed by atoms with Gasteiger partial charge in [-0.2, -0.15) is 27.7 Å². The molecule has 7 nitrogen and oxygen atoms in total. The first-order valence-corrected chi connectivity index (χ1v) is 10.9. The molecule has 13 heteroatoms. The Morgan fingerprint density at radius 2 is 1.79 bits per heavy atom. The molecule has 0 radical (unpaired) electrons. The molecule has 1 aliphatic carbocycles. The maximum absolute atomic E-state index is 14.9. The number of anilines is 1. The number of alkyl halides is 3. The summed E-state index contributed by atoms with van der Waals surface area (Å²) < 4.78 is 75.4. The van der Waals surface area contributed by atoms with E-state index in [1.54, 1.807) is 0 Å². The van der Waals surface area contributed by atoms with Crippen LogP contribution in [0.25, 0.3) is 17.2 Å². The fourth-order valence-corrected chi connectivity index (χ4v) is 4.90. The van der Waals surface area contributed by atoms with Gasteiger partial charge in [0.2, 0.25) is 0 Å². The monoisotopic (exact) mass is 502 g/mol. The quantitative estimate of drug-likeness (QED) is 0.407. The summed E-state index contributed by atoms with van der Waals surface area (Å²) in [5.74, 6) is -2.67. The fourth-order valence-electron chi connectivity index (χ4n) is 4.72. The molecule has 1 saturated carbocycles. The molecule has 1 aliphatic heterocycles. The molecule has 2 fully saturated rings. The highest BCUT2D eigenvalue weighted by atomic mass is 35.5. The molecule has 2 aromatic heterocycles. The van der Waals surface area contributed by atoms with Crippen LogP contribution in [0.2, 0.25) is 5.15 Å². The smallest absolute Gasteiger partial charge is 0.408 e. The van der Waals surface area contributed by atoms with Gasteiger partial charge in [0, 0.05) is 36.7 Å². The Hall–Kier alpha value is -2.73. The minimum absolute atomic E-state index is 0.0533. The number of benzene rings is 1. The number of aromatic nitrogens is 4. The van der Waals surface area contributed by atoms with E-state index in [2.05, 4.69) is 25.3 Å². The van der Waals surface area contributed by atoms with Crippen LogP contribution in [0.4, 0.5) is 27.8 Å². The Kier molecular flexibility index (Phi) is 5.36. The van der Waals surface area contributed by atoms with Gasteiger partial charge in [-0.25, -0.2) is 8.78 Å². The molecule has 1 aromatic carbocycles. The van der Waals surface area contributed by atoms with Crippen molar-refractivity contribution in [2.45, 2.75) is 38.1 Å². The summed E-state index contributed by atoms with van der Waals surface area (Å²) in [5.41, 5.74) is -0.296. The number of halogens is 6. The minimum atomic E-state index is -4.55. The second-order valence-corrected chi connectivity index (χ2v) is 9.49. The summed E-state index contributed by atoms with van der Waals surface area (Å²) in [5, 5.41) is 6.03. The largest absolute Gasteiger partial charge is 0.490 e. The first-order chi connectivity index (χ1) is 15.9. The summed E-state index contributed by atoms with van der Waals surface area (Å²) in [7, 11) is 2.04. The molecule has 1 N–H and O–H groups in total. The lowest BCUT2D eigenvalue weighted by atomic mass is 9.62. The van der Waals surface area contributed by atoms with Crippen LogP contribution in [-0.2, 0) is 0 Å². The second-order valence-electron chi connectivity index (χ2n) is 9.10. The number of nitrogens with zero attached hydrogens (tertiary/aromatic N) is 5. The van der Waals surface area contributed by atoms with Gasteiger partial charge in [0.25, 0.3) is 5.78 Å². The standard InChI is InChI=1S/C21H20ClF5N6O/c1-10(21(25,26)27)28-16-5-15(22)29-19-30-18(31-33(16)19)17-13(23)3-11(4-14(17)24)34-12-6-20(7-12)8-32(2)9-20/h3-5,10,12,28H,6-9H2,1-2H3. The van der Waals surface area contributed by atoms with E-state index >= 15 is 0 Å². The topological polar surface area (TPSA) is 67.6 Å². The van der Waals surface area contributed by atoms with Crippen LogP contribution in [0.3, 0.4) is 0 Å². The molecule has 1 atom stereocenters. The predicted octanol–water partition coefficient (Wildman–Crippen LogP) is 4.56. The number of likely N-dealkylation sites (tertiary alicyclic amines) is 1. The van der Waals surface area contributed by atoms with Gasteiger partial charge in [0.1, 0.15) is 34.4 Å². The van der Waals surface area contributed by atoms with Crippen LogP contribution >= 0.6 is 11.6 Å². The van der Waals surface area contributed by atoms with Gasteiger partial charge in [-0.05, 0) is 26.8 Å². The average Bonchev–Trinajstić information content (AvgIpc) is 3.07. The van der Waals surface area contributed by atoms with Crippen molar-refractivity contribution < 1.29 is 26.7 Å². The lowest BCUT2D eigenvalue weighted by molar-refractivity contribution is -0.138. The van der Waals surface area contributed by atoms with E-state index in [0.29, 0.717) is 0 Å². The molecular formula is C21H20ClF5N6O. The summed E-state index contributed by atoms with van der Waals surface area (Å²) >= 11 is 5.89. The highest BCUT2D eigenvalue weighted by molar-refractivity contribution is 6.29. The van der Waals surface area contributed by atoms with Gasteiger partial charge in [0.15, 0.2) is 5.82 Å². The molecule has 3 heterocycles. The third kappa shape index (κ3) is 4.13. The highest BCUT2D eigenvalue weighted by Crippen LogP contribution is 2.49. The Morgan fingerprint density at radius 3 is 2.38 bits per heavy atom. The van der Waals surface area contributed by atoms with Crippen molar-refractivity contribution in [3.8, 4) is 17.1 Å². The Morgan fingerprint density at radius 1 is 1.15 bits per heavy atom. The van der Waals surface area contributed by atoms with Crippen molar-refractivity contribution in [3.63, 3.8) is 0 Å². The van der Waals surface area contributed by atoms with Crippen molar-refractivity contribution in [2.75, 3.05) is 25.5 Å². The van der Waals surface area contributed by atoms with E-state index in [4.69, 9.17) is 16.3 Å². The summed E-state index contributed by atoms with van der Waals surface area (Å²) in [6.07, 6.45) is -3.00. The van der Waals surface area contributed by atoms with Crippen molar-refractivity contribution in [2.24, 2.45) is 5.41 Å². The predicted molar refractivity (Wildman–Crippen MR) is 114 cm³/mol. The first kappa shape index (κ1) is 23.0. The zero-order chi connectivity index (χ0) is 24.4. The summed E-state index contributed by atoms with van der Waals surface area (Å²) in [6, 6.07) is 1.27. The van der Waals surface area contributed by atoms with Gasteiger partial charge >= 0.3 is 6.18 Å². The normalized spacial score (nSPS) is 19.2. The van der Waals surface area contributed by atoms with Gasteiger partial charge in [-0.3, -0.25) is 0 Å². The van der Waals surface area contributed by atoms with Gasteiger partial charge < -0.3 is 15.0 Å². The Balaban J connectivity index is 1.40. The molecular weight excluding hydrogens is 483 g/mol. The molecule has 0 bridgehead atoms. The van der Waals surface area contributed by atoms with Crippen molar-refractivity contribution in [1.82, 2.24) is 24.5 Å². The molecule has 5 rings (SSSR count). The zero-order valence-corrected chi connectivity index (χ0v) is 18.9. The van der Waals surface area contributed by atoms with E-state index < -0.39 is 29.4 Å². The SMILES string of the molecule is CC(Nc1cc(Cl)nc2nc(-c3c(F)cc(OC4CC5(C4)CN(C)C5)cc3F)nn12)C(F)(F)F. The molecule has 3 aromatic rings. The zero-order valence-electron chi connectivity index (χ0n) is 18.1. The Labute approximate surface area is 195 Å². The maximum atomic E-state index is 14.9. The number of rotatable bonds is 5. The van der Waals surface area contributed by atoms with Gasteiger partial charge in [-0.1, -0.05) is 11.6 Å². The van der Waals surface area contributed by atoms with E-state index in [9.17, 15) is 22.0 Å². The van der Waals surface area contributed by atoms with Crippen LogP contribution in [0, 0.1) is 17.0 Å². The molecule has 1 spiro atoms. The van der Waals surface area contributed by atoms with E-state index in [1.807, 2.05) is 7.05 Å². The number of hydrogen-bond acceptors (Lipinski definition) is 6. The molecule has 34 heavy (non-hydrogen) atoms. The van der Waals surface area contributed by atoms with Crippen molar-refractivity contribution >= 4 is 23.2 Å². The van der Waals surface area contributed by atoms with Gasteiger partial charge in [-0.15, -0.1) is 5.10 Å². The van der Waals surface area contributed by atoms with Crippen molar-refractivity contribution in [1.29, 1.82) is 0 Å². The highest BCUT2D eigenvalue weighted by Gasteiger charge is 2.52. The molecule has 1 saturated heterocycles. The van der Waals surface area contributed by atoms with Crippen LogP contribution < -0.4 is 10.1 Å². The number of hydrogen-bond donors (Lipinski definition) is 1. The molecule has 0 amide bonds. The first-order valence-electron chi connectivity index (χ1n) is 10.5. The lowest BCUT2D eigenvalue weighted by Gasteiger charge is -2.57. The third-order valence-electron chi connectivity index (χ3n) is 6.21. The van der Waals surface area contributed by atoms with Gasteiger partial charge in [0.05, 0.1) is 11.7 Å². The van der Waals surface area contributed by atoms with Crippen molar-refractivity contribution in [3.05, 3.63) is 35.0 Å². The van der Waals surface area contributed by atoms with Crippen LogP contribution in [-0.4, -0.2) is 62.9 Å². The van der Waals surface area contributed by atoms with E-state index in [1.165, 1.54) is 0 Å². The summed E-state index contributed by atoms with van der Waals surface area (Å²) in [6.45, 7) is 2.89. The number of fused-ring (bicyclic) bond motifs is 1. The van der Waals surface area contributed by atoms with Crippen LogP contribution in [0.5, 0.6) is 5.75 Å². The number of ether oxygens (including phenoxy) is 1. The summed E-state index contributed by atoms with van der Waals surface area (Å²) in [4.78, 5) is 10.1. The maximum Gasteiger partial charge on any atom is 0.408 e. The van der Waals surface area contributed by atoms with E-state index in [0.717, 1.165) is 55.6 Å². The Bertz CT molecular complexity index is 1230. The fraction of sp³-hybridized carbons (Fsp3) is 0.476. The molecule has 2 aliphatic rings. The third-order valence-corrected chi connectivity index (χ3v) is 6.40. The minimum Gasteiger partial charge on any atom is -0.490 e. The van der Waals surface area contributed by atoms with Crippen LogP contribution in [0.1, 0.15) is 19.8 Å².